The number of para-hydroxylation sites is 2. The molecular formula is C60H51BN2O3. The summed E-state index contributed by atoms with van der Waals surface area (Å²) in [6.45, 7) is 15.1. The Bertz CT molecular complexity index is 3390. The van der Waals surface area contributed by atoms with Crippen molar-refractivity contribution in [1.29, 1.82) is 0 Å². The Balaban J connectivity index is 1.09. The van der Waals surface area contributed by atoms with Crippen molar-refractivity contribution in [2.45, 2.75) is 59.8 Å². The molecule has 7 aromatic carbocycles. The zero-order valence-electron chi connectivity index (χ0n) is 38.5. The molecule has 3 aliphatic heterocycles. The van der Waals surface area contributed by atoms with Crippen molar-refractivity contribution >= 4 is 57.0 Å². The standard InChI is InChI=1S/C60H51BN2O3/c1-36-26-52-58-53(27-36)63(50-23-21-41(59(2,3)4)33-48(50)61(58)49-34-56-57(65-25-24-64-56)35-51(49)62(52)42-15-8-7-9-16-42)43-29-39(28-40(30-43)55-32-38-14-10-13-19-54(38)66-55)37-20-22-45-44-17-11-12-18-46(44)60(5,6)47(45)31-37/h7-20,22,26-35H,21,23-25H2,1-6H3. The highest BCUT2D eigenvalue weighted by atomic mass is 16.6. The molecule has 0 spiro atoms. The molecule has 0 atom stereocenters. The second kappa shape index (κ2) is 14.2. The highest BCUT2D eigenvalue weighted by Gasteiger charge is 2.46. The van der Waals surface area contributed by atoms with E-state index in [1.807, 2.05) is 0 Å². The minimum atomic E-state index is -0.125. The van der Waals surface area contributed by atoms with E-state index in [1.54, 1.807) is 0 Å². The lowest BCUT2D eigenvalue weighted by atomic mass is 9.32. The van der Waals surface area contributed by atoms with Gasteiger partial charge < -0.3 is 23.7 Å². The van der Waals surface area contributed by atoms with E-state index < -0.39 is 0 Å². The Morgan fingerprint density at radius 2 is 1.30 bits per heavy atom. The summed E-state index contributed by atoms with van der Waals surface area (Å²) in [7, 11) is 0. The molecule has 0 fully saturated rings. The number of benzene rings is 7. The number of hydrogen-bond donors (Lipinski definition) is 0. The fourth-order valence-corrected chi connectivity index (χ4v) is 11.7. The van der Waals surface area contributed by atoms with Crippen molar-refractivity contribution in [3.05, 3.63) is 185 Å². The lowest BCUT2D eigenvalue weighted by molar-refractivity contribution is 0.172. The molecule has 0 saturated heterocycles. The monoisotopic (exact) mass is 858 g/mol. The van der Waals surface area contributed by atoms with E-state index >= 15 is 0 Å². The molecule has 0 N–H and O–H groups in total. The van der Waals surface area contributed by atoms with Crippen LogP contribution in [0.25, 0.3) is 44.5 Å². The van der Waals surface area contributed by atoms with Gasteiger partial charge in [0.05, 0.1) is 0 Å². The van der Waals surface area contributed by atoms with Gasteiger partial charge in [0.1, 0.15) is 24.6 Å². The molecule has 1 aromatic heterocycles. The van der Waals surface area contributed by atoms with Crippen LogP contribution < -0.4 is 30.2 Å². The lowest BCUT2D eigenvalue weighted by Gasteiger charge is -2.47. The summed E-state index contributed by atoms with van der Waals surface area (Å²) >= 11 is 0. The third-order valence-corrected chi connectivity index (χ3v) is 15.0. The first kappa shape index (κ1) is 39.2. The first-order chi connectivity index (χ1) is 32.0. The maximum absolute atomic E-state index is 6.72. The predicted molar refractivity (Wildman–Crippen MR) is 272 cm³/mol. The van der Waals surface area contributed by atoms with Gasteiger partial charge in [-0.1, -0.05) is 119 Å². The first-order valence-electron chi connectivity index (χ1n) is 23.6. The molecule has 13 rings (SSSR count). The first-order valence-corrected chi connectivity index (χ1v) is 23.6. The molecular weight excluding hydrogens is 807 g/mol. The number of rotatable bonds is 4. The third-order valence-electron chi connectivity index (χ3n) is 15.0. The third kappa shape index (κ3) is 5.86. The summed E-state index contributed by atoms with van der Waals surface area (Å²) in [6.07, 6.45) is 4.46. The van der Waals surface area contributed by atoms with Crippen LogP contribution in [0.4, 0.5) is 28.4 Å². The number of ether oxygens (including phenoxy) is 2. The summed E-state index contributed by atoms with van der Waals surface area (Å²) < 4.78 is 19.4. The summed E-state index contributed by atoms with van der Waals surface area (Å²) in [5, 5.41) is 1.10. The van der Waals surface area contributed by atoms with Gasteiger partial charge in [0.2, 0.25) is 0 Å². The lowest BCUT2D eigenvalue weighted by Crippen LogP contribution is -2.56. The van der Waals surface area contributed by atoms with E-state index in [-0.39, 0.29) is 17.5 Å². The van der Waals surface area contributed by atoms with Crippen molar-refractivity contribution in [3.63, 3.8) is 0 Å². The van der Waals surface area contributed by atoms with Crippen LogP contribution in [0.15, 0.2) is 173 Å². The van der Waals surface area contributed by atoms with E-state index in [1.165, 1.54) is 72.4 Å². The number of allylic oxidation sites excluding steroid dienone is 4. The topological polar surface area (TPSA) is 38.1 Å². The molecule has 0 bridgehead atoms. The molecule has 4 heterocycles. The summed E-state index contributed by atoms with van der Waals surface area (Å²) in [6, 6.07) is 53.8. The second-order valence-electron chi connectivity index (χ2n) is 20.4. The second-order valence-corrected chi connectivity index (χ2v) is 20.4. The smallest absolute Gasteiger partial charge is 0.251 e. The van der Waals surface area contributed by atoms with E-state index in [2.05, 4.69) is 203 Å². The van der Waals surface area contributed by atoms with Gasteiger partial charge in [0.25, 0.3) is 6.71 Å². The molecule has 8 aromatic rings. The van der Waals surface area contributed by atoms with Crippen LogP contribution in [0, 0.1) is 12.3 Å². The Labute approximate surface area is 387 Å². The number of hydrogen-bond acceptors (Lipinski definition) is 5. The van der Waals surface area contributed by atoms with Crippen molar-refractivity contribution < 1.29 is 13.9 Å². The Kier molecular flexibility index (Phi) is 8.41. The average molecular weight is 859 g/mol. The molecule has 66 heavy (non-hydrogen) atoms. The molecule has 2 aliphatic carbocycles. The minimum Gasteiger partial charge on any atom is -0.486 e. The molecule has 6 heteroatoms. The van der Waals surface area contributed by atoms with Crippen LogP contribution in [-0.2, 0) is 5.41 Å². The Morgan fingerprint density at radius 1 is 0.591 bits per heavy atom. The number of anilines is 5. The van der Waals surface area contributed by atoms with Crippen LogP contribution in [0.5, 0.6) is 11.5 Å². The molecule has 0 radical (unpaired) electrons. The van der Waals surface area contributed by atoms with Gasteiger partial charge in [-0.25, -0.2) is 0 Å². The van der Waals surface area contributed by atoms with Crippen molar-refractivity contribution in [2.24, 2.45) is 5.41 Å². The number of furan rings is 1. The fraction of sp³-hybridized carbons (Fsp3) is 0.200. The minimum absolute atomic E-state index is 0.00942. The normalized spacial score (nSPS) is 16.4. The molecule has 322 valence electrons. The van der Waals surface area contributed by atoms with Gasteiger partial charge in [0, 0.05) is 56.6 Å². The van der Waals surface area contributed by atoms with E-state index in [4.69, 9.17) is 13.9 Å². The van der Waals surface area contributed by atoms with E-state index in [0.29, 0.717) is 13.2 Å². The highest BCUT2D eigenvalue weighted by Crippen LogP contribution is 2.53. The summed E-state index contributed by atoms with van der Waals surface area (Å²) in [4.78, 5) is 5.07. The summed E-state index contributed by atoms with van der Waals surface area (Å²) in [5.74, 6) is 2.47. The van der Waals surface area contributed by atoms with E-state index in [9.17, 15) is 0 Å². The van der Waals surface area contributed by atoms with Crippen molar-refractivity contribution in [1.82, 2.24) is 0 Å². The average Bonchev–Trinajstić information content (AvgIpc) is 3.86. The van der Waals surface area contributed by atoms with Gasteiger partial charge in [0.15, 0.2) is 11.5 Å². The summed E-state index contributed by atoms with van der Waals surface area (Å²) in [5.41, 5.74) is 23.2. The van der Waals surface area contributed by atoms with Gasteiger partial charge in [-0.15, -0.1) is 0 Å². The number of aryl methyl sites for hydroxylation is 1. The van der Waals surface area contributed by atoms with Gasteiger partial charge in [-0.2, -0.15) is 0 Å². The zero-order valence-corrected chi connectivity index (χ0v) is 38.5. The predicted octanol–water partition coefficient (Wildman–Crippen LogP) is 14.3. The number of nitrogens with zero attached hydrogens (tertiary/aromatic N) is 2. The number of fused-ring (bicyclic) bond motifs is 8. The molecule has 0 saturated carbocycles. The van der Waals surface area contributed by atoms with Crippen molar-refractivity contribution in [2.75, 3.05) is 23.0 Å². The molecule has 0 unspecified atom stereocenters. The quantitative estimate of drug-likeness (QED) is 0.165. The fourth-order valence-electron chi connectivity index (χ4n) is 11.7. The van der Waals surface area contributed by atoms with Crippen molar-refractivity contribution in [3.8, 4) is 45.1 Å². The van der Waals surface area contributed by atoms with Crippen LogP contribution in [0.2, 0.25) is 0 Å². The van der Waals surface area contributed by atoms with Crippen LogP contribution in [-0.4, -0.2) is 19.9 Å². The van der Waals surface area contributed by atoms with Gasteiger partial charge >= 0.3 is 0 Å². The molecule has 5 nitrogen and oxygen atoms in total. The Morgan fingerprint density at radius 3 is 2.11 bits per heavy atom. The van der Waals surface area contributed by atoms with Crippen LogP contribution >= 0.6 is 0 Å². The maximum atomic E-state index is 6.72. The highest BCUT2D eigenvalue weighted by molar-refractivity contribution is 6.95. The largest absolute Gasteiger partial charge is 0.486 e. The zero-order chi connectivity index (χ0) is 44.6. The SMILES string of the molecule is Cc1cc2c3c(c1)N(c1ccccc1)c1cc4c(cc1B3C1=C(CCC(C(C)(C)C)=C1)N2c1cc(-c2ccc3c(c2)C(C)(C)c2ccccc2-3)cc(-c2cc3ccccc3o2)c1)OCCO4. The molecule has 5 aliphatic rings. The van der Waals surface area contributed by atoms with Crippen LogP contribution in [0.3, 0.4) is 0 Å². The van der Waals surface area contributed by atoms with E-state index in [0.717, 1.165) is 69.3 Å². The van der Waals surface area contributed by atoms with Gasteiger partial charge in [-0.05, 0) is 147 Å². The van der Waals surface area contributed by atoms with Crippen LogP contribution in [0.1, 0.15) is 64.2 Å². The molecule has 0 amide bonds. The van der Waals surface area contributed by atoms with Gasteiger partial charge in [-0.3, -0.25) is 0 Å². The maximum Gasteiger partial charge on any atom is 0.251 e. The Hall–Kier alpha value is -7.18.